The maximum Gasteiger partial charge on any atom is 0.255 e. The molecule has 0 saturated heterocycles. The minimum atomic E-state index is -3.59. The molecule has 0 unspecified atom stereocenters. The zero-order valence-corrected chi connectivity index (χ0v) is 15.9. The van der Waals surface area contributed by atoms with Crippen LogP contribution >= 0.6 is 0 Å². The number of benzene rings is 3. The number of carbonyl (C=O) groups excluding carboxylic acids is 1. The molecule has 0 aromatic heterocycles. The quantitative estimate of drug-likeness (QED) is 0.731. The van der Waals surface area contributed by atoms with Crippen molar-refractivity contribution < 1.29 is 13.2 Å². The van der Waals surface area contributed by atoms with Crippen LogP contribution < -0.4 is 5.32 Å². The minimum absolute atomic E-state index is 0.0829. The average molecular weight is 380 g/mol. The summed E-state index contributed by atoms with van der Waals surface area (Å²) in [6.07, 6.45) is 0. The molecule has 0 aliphatic heterocycles. The third-order valence-corrected chi connectivity index (χ3v) is 5.94. The average Bonchev–Trinajstić information content (AvgIpc) is 2.69. The molecular weight excluding hydrogens is 360 g/mol. The largest absolute Gasteiger partial charge is 0.322 e. The molecule has 27 heavy (non-hydrogen) atoms. The molecule has 0 bridgehead atoms. The molecule has 0 radical (unpaired) electrons. The Balaban J connectivity index is 1.78. The topological polar surface area (TPSA) is 66.5 Å². The molecule has 0 aliphatic rings. The van der Waals surface area contributed by atoms with Gasteiger partial charge in [0.25, 0.3) is 5.91 Å². The van der Waals surface area contributed by atoms with Gasteiger partial charge in [0.15, 0.2) is 0 Å². The fourth-order valence-electron chi connectivity index (χ4n) is 2.59. The highest BCUT2D eigenvalue weighted by molar-refractivity contribution is 7.89. The first-order valence-electron chi connectivity index (χ1n) is 8.37. The van der Waals surface area contributed by atoms with Crippen LogP contribution in [0.1, 0.15) is 10.4 Å². The summed E-state index contributed by atoms with van der Waals surface area (Å²) in [6, 6.07) is 23.4. The highest BCUT2D eigenvalue weighted by Crippen LogP contribution is 2.22. The first-order valence-corrected chi connectivity index (χ1v) is 9.81. The third-order valence-electron chi connectivity index (χ3n) is 4.12. The molecule has 138 valence electrons. The van der Waals surface area contributed by atoms with Crippen LogP contribution in [0.15, 0.2) is 83.8 Å². The Morgan fingerprint density at radius 3 is 2.07 bits per heavy atom. The second-order valence-corrected chi connectivity index (χ2v) is 8.36. The zero-order valence-electron chi connectivity index (χ0n) is 15.1. The number of nitrogens with one attached hydrogen (secondary N) is 1. The second kappa shape index (κ2) is 7.73. The number of sulfonamides is 1. The van der Waals surface area contributed by atoms with Gasteiger partial charge in [-0.25, -0.2) is 12.7 Å². The van der Waals surface area contributed by atoms with Crippen molar-refractivity contribution >= 4 is 21.6 Å². The predicted molar refractivity (Wildman–Crippen MR) is 107 cm³/mol. The van der Waals surface area contributed by atoms with Crippen LogP contribution in [0.5, 0.6) is 0 Å². The molecule has 5 nitrogen and oxygen atoms in total. The van der Waals surface area contributed by atoms with Crippen molar-refractivity contribution in [1.82, 2.24) is 4.31 Å². The van der Waals surface area contributed by atoms with Gasteiger partial charge in [-0.1, -0.05) is 48.5 Å². The number of nitrogens with zero attached hydrogens (tertiary/aromatic N) is 1. The SMILES string of the molecule is CN(C)S(=O)(=O)c1cccc(C(=O)Nc2ccc(-c3ccccc3)cc2)c1. The van der Waals surface area contributed by atoms with Crippen molar-refractivity contribution in [1.29, 1.82) is 0 Å². The summed E-state index contributed by atoms with van der Waals surface area (Å²) >= 11 is 0. The molecular formula is C21H20N2O3S. The molecule has 1 amide bonds. The number of carbonyl (C=O) groups is 1. The van der Waals surface area contributed by atoms with Gasteiger partial charge in [-0.2, -0.15) is 0 Å². The molecule has 0 aliphatic carbocycles. The lowest BCUT2D eigenvalue weighted by Crippen LogP contribution is -2.22. The number of rotatable bonds is 5. The fourth-order valence-corrected chi connectivity index (χ4v) is 3.54. The Bertz CT molecular complexity index is 1040. The molecule has 0 fully saturated rings. The summed E-state index contributed by atoms with van der Waals surface area (Å²) in [5.41, 5.74) is 3.07. The van der Waals surface area contributed by atoms with Crippen LogP contribution in [0.25, 0.3) is 11.1 Å². The molecule has 3 aromatic carbocycles. The van der Waals surface area contributed by atoms with E-state index in [4.69, 9.17) is 0 Å². The summed E-state index contributed by atoms with van der Waals surface area (Å²) in [6.45, 7) is 0. The van der Waals surface area contributed by atoms with E-state index in [0.717, 1.165) is 15.4 Å². The van der Waals surface area contributed by atoms with E-state index < -0.39 is 10.0 Å². The number of amides is 1. The fraction of sp³-hybridized carbons (Fsp3) is 0.0952. The normalized spacial score (nSPS) is 11.4. The Hall–Kier alpha value is -2.96. The van der Waals surface area contributed by atoms with Gasteiger partial charge in [-0.05, 0) is 41.5 Å². The van der Waals surface area contributed by atoms with Gasteiger partial charge in [0.2, 0.25) is 10.0 Å². The maximum atomic E-state index is 12.5. The Kier molecular flexibility index (Phi) is 5.39. The van der Waals surface area contributed by atoms with E-state index in [0.29, 0.717) is 5.69 Å². The van der Waals surface area contributed by atoms with Gasteiger partial charge in [0.05, 0.1) is 4.90 Å². The standard InChI is InChI=1S/C21H20N2O3S/c1-23(2)27(25,26)20-10-6-9-18(15-20)21(24)22-19-13-11-17(12-14-19)16-7-4-3-5-8-16/h3-15H,1-2H3,(H,22,24). The molecule has 0 heterocycles. The van der Waals surface area contributed by atoms with Crippen LogP contribution in [0.2, 0.25) is 0 Å². The van der Waals surface area contributed by atoms with Crippen molar-refractivity contribution in [2.75, 3.05) is 19.4 Å². The summed E-state index contributed by atoms with van der Waals surface area (Å²) in [5.74, 6) is -0.363. The van der Waals surface area contributed by atoms with E-state index >= 15 is 0 Å². The lowest BCUT2D eigenvalue weighted by molar-refractivity contribution is 0.102. The van der Waals surface area contributed by atoms with Crippen molar-refractivity contribution in [3.8, 4) is 11.1 Å². The highest BCUT2D eigenvalue weighted by atomic mass is 32.2. The summed E-state index contributed by atoms with van der Waals surface area (Å²) in [5, 5.41) is 2.80. The van der Waals surface area contributed by atoms with Gasteiger partial charge in [0.1, 0.15) is 0 Å². The summed E-state index contributed by atoms with van der Waals surface area (Å²) in [4.78, 5) is 12.6. The highest BCUT2D eigenvalue weighted by Gasteiger charge is 2.18. The maximum absolute atomic E-state index is 12.5. The lowest BCUT2D eigenvalue weighted by atomic mass is 10.1. The molecule has 6 heteroatoms. The van der Waals surface area contributed by atoms with Crippen molar-refractivity contribution in [2.45, 2.75) is 4.90 Å². The first-order chi connectivity index (χ1) is 12.9. The van der Waals surface area contributed by atoms with Crippen LogP contribution in [0.3, 0.4) is 0 Å². The molecule has 0 saturated carbocycles. The van der Waals surface area contributed by atoms with E-state index in [1.54, 1.807) is 12.1 Å². The van der Waals surface area contributed by atoms with E-state index in [1.165, 1.54) is 26.2 Å². The van der Waals surface area contributed by atoms with Crippen molar-refractivity contribution in [3.63, 3.8) is 0 Å². The van der Waals surface area contributed by atoms with Crippen LogP contribution in [0.4, 0.5) is 5.69 Å². The van der Waals surface area contributed by atoms with Gasteiger partial charge >= 0.3 is 0 Å². The second-order valence-electron chi connectivity index (χ2n) is 6.21. The molecule has 0 atom stereocenters. The van der Waals surface area contributed by atoms with Crippen LogP contribution in [-0.2, 0) is 10.0 Å². The van der Waals surface area contributed by atoms with Crippen molar-refractivity contribution in [3.05, 3.63) is 84.4 Å². The number of hydrogen-bond donors (Lipinski definition) is 1. The predicted octanol–water partition coefficient (Wildman–Crippen LogP) is 3.86. The Morgan fingerprint density at radius 1 is 0.815 bits per heavy atom. The Labute approximate surface area is 159 Å². The monoisotopic (exact) mass is 380 g/mol. The summed E-state index contributed by atoms with van der Waals surface area (Å²) < 4.78 is 25.6. The molecule has 1 N–H and O–H groups in total. The first kappa shape index (κ1) is 18.8. The van der Waals surface area contributed by atoms with Gasteiger partial charge < -0.3 is 5.32 Å². The van der Waals surface area contributed by atoms with Gasteiger partial charge in [-0.3, -0.25) is 4.79 Å². The van der Waals surface area contributed by atoms with Crippen LogP contribution in [0, 0.1) is 0 Å². The summed E-state index contributed by atoms with van der Waals surface area (Å²) in [7, 11) is -0.679. The zero-order chi connectivity index (χ0) is 19.4. The van der Waals surface area contributed by atoms with E-state index in [-0.39, 0.29) is 16.4 Å². The van der Waals surface area contributed by atoms with Crippen LogP contribution in [-0.4, -0.2) is 32.7 Å². The van der Waals surface area contributed by atoms with E-state index in [1.807, 2.05) is 54.6 Å². The lowest BCUT2D eigenvalue weighted by Gasteiger charge is -2.12. The molecule has 0 spiro atoms. The van der Waals surface area contributed by atoms with Gasteiger partial charge in [0, 0.05) is 25.3 Å². The molecule has 3 rings (SSSR count). The number of anilines is 1. The molecule has 3 aromatic rings. The van der Waals surface area contributed by atoms with E-state index in [2.05, 4.69) is 5.32 Å². The number of hydrogen-bond acceptors (Lipinski definition) is 3. The smallest absolute Gasteiger partial charge is 0.255 e. The Morgan fingerprint density at radius 2 is 1.44 bits per heavy atom. The van der Waals surface area contributed by atoms with Crippen molar-refractivity contribution in [2.24, 2.45) is 0 Å². The third kappa shape index (κ3) is 4.24. The van der Waals surface area contributed by atoms with E-state index in [9.17, 15) is 13.2 Å². The van der Waals surface area contributed by atoms with Gasteiger partial charge in [-0.15, -0.1) is 0 Å². The minimum Gasteiger partial charge on any atom is -0.322 e.